The van der Waals surface area contributed by atoms with Gasteiger partial charge in [0.15, 0.2) is 0 Å². The highest BCUT2D eigenvalue weighted by Gasteiger charge is 2.01. The summed E-state index contributed by atoms with van der Waals surface area (Å²) in [5.74, 6) is 0.221. The second-order valence-corrected chi connectivity index (χ2v) is 3.57. The Hall–Kier alpha value is -2.50. The van der Waals surface area contributed by atoms with Gasteiger partial charge in [0, 0.05) is 11.6 Å². The Labute approximate surface area is 97.7 Å². The van der Waals surface area contributed by atoms with Crippen LogP contribution in [-0.4, -0.2) is 26.1 Å². The highest BCUT2D eigenvalue weighted by molar-refractivity contribution is 5.83. The van der Waals surface area contributed by atoms with Gasteiger partial charge in [0.05, 0.1) is 18.1 Å². The second-order valence-electron chi connectivity index (χ2n) is 3.57. The zero-order chi connectivity index (χ0) is 12.4. The summed E-state index contributed by atoms with van der Waals surface area (Å²) in [5, 5.41) is 22.7. The lowest BCUT2D eigenvalue weighted by Crippen LogP contribution is -1.97. The molecule has 0 aliphatic heterocycles. The van der Waals surface area contributed by atoms with Gasteiger partial charge >= 0.3 is 0 Å². The summed E-state index contributed by atoms with van der Waals surface area (Å²) >= 11 is 0. The number of rotatable bonds is 2. The molecule has 0 aliphatic carbocycles. The van der Waals surface area contributed by atoms with Crippen LogP contribution in [0, 0.1) is 6.92 Å². The number of benzene rings is 1. The lowest BCUT2D eigenvalue weighted by Gasteiger charge is -1.99. The van der Waals surface area contributed by atoms with E-state index in [1.54, 1.807) is 19.2 Å². The summed E-state index contributed by atoms with van der Waals surface area (Å²) in [6.45, 7) is 1.81. The first kappa shape index (κ1) is 11.0. The number of anilines is 1. The van der Waals surface area contributed by atoms with Crippen LogP contribution in [0.25, 0.3) is 0 Å². The maximum absolute atomic E-state index is 9.54. The monoisotopic (exact) mass is 232 g/mol. The number of imidazole rings is 1. The minimum atomic E-state index is -0.0517. The quantitative estimate of drug-likeness (QED) is 0.674. The Morgan fingerprint density at radius 2 is 2.18 bits per heavy atom. The smallest absolute Gasteiger partial charge is 0.221 e. The van der Waals surface area contributed by atoms with Crippen LogP contribution in [0.2, 0.25) is 0 Å². The molecular formula is C11H12N4O2. The van der Waals surface area contributed by atoms with Gasteiger partial charge < -0.3 is 15.9 Å². The van der Waals surface area contributed by atoms with E-state index in [4.69, 9.17) is 10.8 Å². The molecule has 0 fully saturated rings. The van der Waals surface area contributed by atoms with Crippen molar-refractivity contribution in [2.24, 2.45) is 5.10 Å². The van der Waals surface area contributed by atoms with Gasteiger partial charge in [-0.25, -0.2) is 9.66 Å². The molecule has 2 rings (SSSR count). The van der Waals surface area contributed by atoms with Crippen LogP contribution in [0.4, 0.5) is 5.95 Å². The molecule has 4 N–H and O–H groups in total. The van der Waals surface area contributed by atoms with Crippen LogP contribution in [-0.2, 0) is 0 Å². The topological polar surface area (TPSA) is 96.7 Å². The summed E-state index contributed by atoms with van der Waals surface area (Å²) in [6, 6.07) is 4.25. The highest BCUT2D eigenvalue weighted by atomic mass is 16.3. The van der Waals surface area contributed by atoms with E-state index in [1.807, 2.05) is 0 Å². The fourth-order valence-electron chi connectivity index (χ4n) is 1.36. The number of aromatic nitrogens is 2. The first-order valence-corrected chi connectivity index (χ1v) is 4.94. The normalized spacial score (nSPS) is 11.1. The molecule has 0 radical (unpaired) electrons. The summed E-state index contributed by atoms with van der Waals surface area (Å²) < 4.78 is 1.40. The van der Waals surface area contributed by atoms with E-state index < -0.39 is 0 Å². The fraction of sp³-hybridized carbons (Fsp3) is 0.0909. The Kier molecular flexibility index (Phi) is 2.70. The molecule has 0 atom stereocenters. The maximum Gasteiger partial charge on any atom is 0.221 e. The Bertz CT molecular complexity index is 575. The van der Waals surface area contributed by atoms with Crippen LogP contribution in [0.5, 0.6) is 11.5 Å². The summed E-state index contributed by atoms with van der Waals surface area (Å²) in [7, 11) is 0. The number of hydrogen-bond donors (Lipinski definition) is 3. The molecule has 0 spiro atoms. The molecule has 6 nitrogen and oxygen atoms in total. The molecule has 0 unspecified atom stereocenters. The van der Waals surface area contributed by atoms with Crippen molar-refractivity contribution >= 4 is 12.2 Å². The van der Waals surface area contributed by atoms with Gasteiger partial charge in [-0.15, -0.1) is 0 Å². The van der Waals surface area contributed by atoms with E-state index in [9.17, 15) is 5.11 Å². The van der Waals surface area contributed by atoms with Crippen molar-refractivity contribution in [3.05, 3.63) is 35.7 Å². The van der Waals surface area contributed by atoms with E-state index in [2.05, 4.69) is 10.1 Å². The predicted molar refractivity (Wildman–Crippen MR) is 64.1 cm³/mol. The average molecular weight is 232 g/mol. The lowest BCUT2D eigenvalue weighted by atomic mass is 10.2. The second kappa shape index (κ2) is 4.17. The molecule has 1 aromatic heterocycles. The number of nitrogens with two attached hydrogens (primary N) is 1. The largest absolute Gasteiger partial charge is 0.508 e. The number of aryl methyl sites for hydroxylation is 1. The Morgan fingerprint density at radius 1 is 1.41 bits per heavy atom. The van der Waals surface area contributed by atoms with E-state index in [0.29, 0.717) is 5.56 Å². The molecule has 0 saturated carbocycles. The van der Waals surface area contributed by atoms with Gasteiger partial charge in [0.25, 0.3) is 0 Å². The number of nitrogen functional groups attached to an aromatic ring is 1. The molecule has 0 amide bonds. The highest BCUT2D eigenvalue weighted by Crippen LogP contribution is 2.20. The van der Waals surface area contributed by atoms with Crippen LogP contribution in [0.3, 0.4) is 0 Å². The first-order valence-electron chi connectivity index (χ1n) is 4.94. The number of hydrogen-bond acceptors (Lipinski definition) is 5. The minimum absolute atomic E-state index is 0.00219. The van der Waals surface area contributed by atoms with E-state index >= 15 is 0 Å². The van der Waals surface area contributed by atoms with Crippen LogP contribution in [0.1, 0.15) is 11.3 Å². The molecule has 6 heteroatoms. The lowest BCUT2D eigenvalue weighted by molar-refractivity contribution is 0.450. The maximum atomic E-state index is 9.54. The molecular weight excluding hydrogens is 220 g/mol. The van der Waals surface area contributed by atoms with Gasteiger partial charge in [-0.1, -0.05) is 0 Å². The minimum Gasteiger partial charge on any atom is -0.508 e. The van der Waals surface area contributed by atoms with Crippen molar-refractivity contribution in [1.29, 1.82) is 0 Å². The molecule has 1 aromatic carbocycles. The fourth-order valence-corrected chi connectivity index (χ4v) is 1.36. The van der Waals surface area contributed by atoms with Crippen molar-refractivity contribution in [2.75, 3.05) is 5.73 Å². The standard InChI is InChI=1S/C11H12N4O2/c1-7-6-15(11(12)14-7)13-5-8-2-3-9(16)4-10(8)17/h2-6,16-17H,1H3,(H2,12,14). The molecule has 0 saturated heterocycles. The van der Waals surface area contributed by atoms with Gasteiger partial charge in [0.1, 0.15) is 11.5 Å². The number of phenols is 2. The summed E-state index contributed by atoms with van der Waals surface area (Å²) in [5.41, 5.74) is 6.84. The van der Waals surface area contributed by atoms with Crippen molar-refractivity contribution in [2.45, 2.75) is 6.92 Å². The Morgan fingerprint density at radius 3 is 2.76 bits per heavy atom. The van der Waals surface area contributed by atoms with Gasteiger partial charge in [0.2, 0.25) is 5.95 Å². The summed E-state index contributed by atoms with van der Waals surface area (Å²) in [4.78, 5) is 3.98. The van der Waals surface area contributed by atoms with Gasteiger partial charge in [-0.2, -0.15) is 5.10 Å². The molecule has 0 aliphatic rings. The average Bonchev–Trinajstić information content (AvgIpc) is 2.56. The SMILES string of the molecule is Cc1cn(N=Cc2ccc(O)cc2O)c(N)n1. The van der Waals surface area contributed by atoms with Gasteiger partial charge in [-0.3, -0.25) is 0 Å². The number of phenolic OH excluding ortho intramolecular Hbond substituents is 2. The summed E-state index contributed by atoms with van der Waals surface area (Å²) in [6.07, 6.45) is 3.11. The van der Waals surface area contributed by atoms with Crippen LogP contribution >= 0.6 is 0 Å². The predicted octanol–water partition coefficient (Wildman–Crippen LogP) is 1.07. The number of nitrogens with zero attached hydrogens (tertiary/aromatic N) is 3. The number of aromatic hydroxyl groups is 2. The molecule has 1 heterocycles. The van der Waals surface area contributed by atoms with Crippen LogP contribution < -0.4 is 5.73 Å². The third kappa shape index (κ3) is 2.36. The van der Waals surface area contributed by atoms with Crippen molar-refractivity contribution < 1.29 is 10.2 Å². The molecule has 2 aromatic rings. The van der Waals surface area contributed by atoms with Crippen LogP contribution in [0.15, 0.2) is 29.5 Å². The van der Waals surface area contributed by atoms with E-state index in [1.165, 1.54) is 23.0 Å². The van der Waals surface area contributed by atoms with E-state index in [0.717, 1.165) is 5.69 Å². The molecule has 0 bridgehead atoms. The van der Waals surface area contributed by atoms with Gasteiger partial charge in [-0.05, 0) is 19.1 Å². The molecule has 88 valence electrons. The zero-order valence-corrected chi connectivity index (χ0v) is 9.20. The van der Waals surface area contributed by atoms with Crippen molar-refractivity contribution in [3.63, 3.8) is 0 Å². The van der Waals surface area contributed by atoms with Crippen molar-refractivity contribution in [3.8, 4) is 11.5 Å². The first-order chi connectivity index (χ1) is 8.06. The van der Waals surface area contributed by atoms with E-state index in [-0.39, 0.29) is 17.4 Å². The van der Waals surface area contributed by atoms with Crippen molar-refractivity contribution in [1.82, 2.24) is 9.66 Å². The zero-order valence-electron chi connectivity index (χ0n) is 9.20. The molecule has 17 heavy (non-hydrogen) atoms. The third-order valence-electron chi connectivity index (χ3n) is 2.17. The third-order valence-corrected chi connectivity index (χ3v) is 2.17. The Balaban J connectivity index is 2.29.